The fourth-order valence-electron chi connectivity index (χ4n) is 0.847. The third kappa shape index (κ3) is 7.21. The van der Waals surface area contributed by atoms with E-state index in [9.17, 15) is 0 Å². The standard InChI is InChI=1S/C10H11N.2Li/c1-2-8-11-9-10-6-4-3-5-7-10;;/h3-7H,1,8-9H2;;/q-2;2*+1. The normalized spacial score (nSPS) is 8.00. The average molecular weight is 159 g/mol. The van der Waals surface area contributed by atoms with Gasteiger partial charge in [-0.15, -0.1) is 6.54 Å². The third-order valence-corrected chi connectivity index (χ3v) is 1.36. The summed E-state index contributed by atoms with van der Waals surface area (Å²) in [7, 11) is 0. The summed E-state index contributed by atoms with van der Waals surface area (Å²) in [5.74, 6) is 0. The van der Waals surface area contributed by atoms with E-state index in [0.717, 1.165) is 6.54 Å². The molecule has 0 fully saturated rings. The molecule has 1 aromatic rings. The van der Waals surface area contributed by atoms with Gasteiger partial charge in [0.15, 0.2) is 0 Å². The summed E-state index contributed by atoms with van der Waals surface area (Å²) in [5.41, 5.74) is 1.24. The first-order valence-corrected chi connectivity index (χ1v) is 3.60. The van der Waals surface area contributed by atoms with Crippen molar-refractivity contribution in [1.82, 2.24) is 0 Å². The monoisotopic (exact) mass is 159 g/mol. The summed E-state index contributed by atoms with van der Waals surface area (Å²) in [6.45, 7) is 4.86. The van der Waals surface area contributed by atoms with Gasteiger partial charge in [-0.2, -0.15) is 0 Å². The molecule has 1 aromatic carbocycles. The molecule has 58 valence electrons. The van der Waals surface area contributed by atoms with E-state index in [1.54, 1.807) is 0 Å². The van der Waals surface area contributed by atoms with Crippen LogP contribution in [0.1, 0.15) is 5.56 Å². The van der Waals surface area contributed by atoms with Crippen molar-refractivity contribution in [1.29, 1.82) is 0 Å². The largest absolute Gasteiger partial charge is 1.00 e. The van der Waals surface area contributed by atoms with Crippen molar-refractivity contribution in [3.8, 4) is 0 Å². The van der Waals surface area contributed by atoms with Crippen molar-refractivity contribution in [3.05, 3.63) is 53.9 Å². The Balaban J connectivity index is 0. The molecule has 0 radical (unpaired) electrons. The van der Waals surface area contributed by atoms with Gasteiger partial charge in [0.2, 0.25) is 0 Å². The van der Waals surface area contributed by atoms with Crippen LogP contribution in [-0.2, 0) is 6.54 Å². The van der Waals surface area contributed by atoms with Crippen molar-refractivity contribution in [2.45, 2.75) is 6.54 Å². The molecular weight excluding hydrogens is 148 g/mol. The molecule has 0 unspecified atom stereocenters. The van der Waals surface area contributed by atoms with E-state index < -0.39 is 0 Å². The molecule has 0 heterocycles. The van der Waals surface area contributed by atoms with Crippen LogP contribution in [-0.4, -0.2) is 6.54 Å². The van der Waals surface area contributed by atoms with Gasteiger partial charge in [0, 0.05) is 0 Å². The second-order valence-corrected chi connectivity index (χ2v) is 2.28. The first kappa shape index (κ1) is 15.6. The molecule has 0 bridgehead atoms. The molecule has 0 spiro atoms. The fraction of sp³-hybridized carbons (Fsp3) is 0.200. The van der Waals surface area contributed by atoms with Crippen molar-refractivity contribution in [2.24, 2.45) is 0 Å². The van der Waals surface area contributed by atoms with Crippen LogP contribution in [0.25, 0.3) is 5.32 Å². The van der Waals surface area contributed by atoms with Crippen LogP contribution in [0.15, 0.2) is 36.9 Å². The number of hydrogen-bond acceptors (Lipinski definition) is 0. The van der Waals surface area contributed by atoms with E-state index in [1.165, 1.54) is 5.56 Å². The minimum Gasteiger partial charge on any atom is -0.684 e. The molecule has 0 N–H and O–H groups in total. The molecular formula is C10H11Li2N. The number of nitrogens with zero attached hydrogens (tertiary/aromatic N) is 1. The molecule has 0 saturated carbocycles. The minimum absolute atomic E-state index is 0. The predicted molar refractivity (Wildman–Crippen MR) is 47.2 cm³/mol. The molecule has 3 heteroatoms. The summed E-state index contributed by atoms with van der Waals surface area (Å²) in [6, 6.07) is 10.2. The summed E-state index contributed by atoms with van der Waals surface area (Å²) >= 11 is 0. The molecule has 0 aliphatic heterocycles. The van der Waals surface area contributed by atoms with Crippen LogP contribution in [0, 0.1) is 6.08 Å². The van der Waals surface area contributed by atoms with Crippen LogP contribution in [0.4, 0.5) is 0 Å². The maximum absolute atomic E-state index is 4.19. The first-order valence-electron chi connectivity index (χ1n) is 3.60. The topological polar surface area (TPSA) is 14.1 Å². The van der Waals surface area contributed by atoms with Gasteiger partial charge in [-0.25, -0.2) is 0 Å². The predicted octanol–water partition coefficient (Wildman–Crippen LogP) is -3.44. The Morgan fingerprint density at radius 1 is 1.15 bits per heavy atom. The van der Waals surface area contributed by atoms with Crippen LogP contribution < -0.4 is 37.7 Å². The van der Waals surface area contributed by atoms with E-state index in [0.29, 0.717) is 6.54 Å². The molecule has 1 nitrogen and oxygen atoms in total. The maximum atomic E-state index is 4.19. The zero-order chi connectivity index (χ0) is 7.94. The van der Waals surface area contributed by atoms with Crippen molar-refractivity contribution in [2.75, 3.05) is 6.54 Å². The summed E-state index contributed by atoms with van der Waals surface area (Å²) in [5, 5.41) is 4.19. The Morgan fingerprint density at radius 2 is 1.77 bits per heavy atom. The van der Waals surface area contributed by atoms with Gasteiger partial charge in [0.25, 0.3) is 0 Å². The van der Waals surface area contributed by atoms with Gasteiger partial charge in [0.1, 0.15) is 0 Å². The van der Waals surface area contributed by atoms with Gasteiger partial charge in [-0.1, -0.05) is 35.9 Å². The molecule has 0 amide bonds. The van der Waals surface area contributed by atoms with Gasteiger partial charge in [0.05, 0.1) is 0 Å². The van der Waals surface area contributed by atoms with E-state index in [4.69, 9.17) is 0 Å². The Morgan fingerprint density at radius 3 is 2.31 bits per heavy atom. The Bertz CT molecular complexity index is 211. The summed E-state index contributed by atoms with van der Waals surface area (Å²) < 4.78 is 0. The molecule has 0 aliphatic rings. The Kier molecular flexibility index (Phi) is 12.2. The second-order valence-electron chi connectivity index (χ2n) is 2.28. The van der Waals surface area contributed by atoms with Crippen LogP contribution in [0.2, 0.25) is 0 Å². The SMILES string of the molecule is C=[C-]C[N-]Cc1ccccc1.[Li+].[Li+]. The molecule has 0 saturated heterocycles. The van der Waals surface area contributed by atoms with E-state index in [1.807, 2.05) is 18.2 Å². The van der Waals surface area contributed by atoms with E-state index in [2.05, 4.69) is 30.1 Å². The minimum atomic E-state index is 0. The smallest absolute Gasteiger partial charge is 0.684 e. The third-order valence-electron chi connectivity index (χ3n) is 1.36. The number of rotatable bonds is 4. The Hall–Kier alpha value is 0.115. The van der Waals surface area contributed by atoms with Gasteiger partial charge in [-0.05, 0) is 0 Å². The molecule has 0 aromatic heterocycles. The van der Waals surface area contributed by atoms with Gasteiger partial charge >= 0.3 is 37.7 Å². The quantitative estimate of drug-likeness (QED) is 0.246. The molecule has 13 heavy (non-hydrogen) atoms. The number of hydrogen-bond donors (Lipinski definition) is 0. The first-order chi connectivity index (χ1) is 5.43. The zero-order valence-electron chi connectivity index (χ0n) is 8.46. The van der Waals surface area contributed by atoms with Crippen LogP contribution in [0.5, 0.6) is 0 Å². The van der Waals surface area contributed by atoms with E-state index >= 15 is 0 Å². The van der Waals surface area contributed by atoms with E-state index in [-0.39, 0.29) is 37.7 Å². The number of benzene rings is 1. The van der Waals surface area contributed by atoms with Crippen molar-refractivity contribution < 1.29 is 37.7 Å². The van der Waals surface area contributed by atoms with Crippen LogP contribution in [0.3, 0.4) is 0 Å². The maximum Gasteiger partial charge on any atom is 1.00 e. The molecule has 1 rings (SSSR count). The van der Waals surface area contributed by atoms with Crippen molar-refractivity contribution in [3.63, 3.8) is 0 Å². The van der Waals surface area contributed by atoms with Crippen molar-refractivity contribution >= 4 is 0 Å². The van der Waals surface area contributed by atoms with Gasteiger partial charge in [-0.3, -0.25) is 13.1 Å². The fourth-order valence-corrected chi connectivity index (χ4v) is 0.847. The second kappa shape index (κ2) is 10.2. The summed E-state index contributed by atoms with van der Waals surface area (Å²) in [6.07, 6.45) is 2.72. The Labute approximate surface area is 104 Å². The van der Waals surface area contributed by atoms with Crippen LogP contribution >= 0.6 is 0 Å². The zero-order valence-corrected chi connectivity index (χ0v) is 8.46. The summed E-state index contributed by atoms with van der Waals surface area (Å²) in [4.78, 5) is 0. The van der Waals surface area contributed by atoms with Gasteiger partial charge < -0.3 is 11.4 Å². The average Bonchev–Trinajstić information content (AvgIpc) is 2.07. The molecule has 0 aliphatic carbocycles. The molecule has 0 atom stereocenters.